The van der Waals surface area contributed by atoms with E-state index < -0.39 is 10.0 Å². The second kappa shape index (κ2) is 10.3. The molecule has 0 atom stereocenters. The number of rotatable bonds is 7. The van der Waals surface area contributed by atoms with Gasteiger partial charge in [-0.2, -0.15) is 9.29 Å². The smallest absolute Gasteiger partial charge is 0.308 e. The molecule has 0 aliphatic rings. The normalized spacial score (nSPS) is 12.5. The van der Waals surface area contributed by atoms with Crippen molar-refractivity contribution in [2.24, 2.45) is 0 Å². The van der Waals surface area contributed by atoms with Crippen LogP contribution in [0.15, 0.2) is 80.9 Å². The first kappa shape index (κ1) is 27.3. The molecule has 5 aromatic rings. The molecule has 0 aliphatic carbocycles. The zero-order valence-electron chi connectivity index (χ0n) is 21.9. The maximum Gasteiger partial charge on any atom is 0.308 e. The van der Waals surface area contributed by atoms with E-state index in [1.54, 1.807) is 22.8 Å². The molecule has 0 bridgehead atoms. The molecular formula is C28H27ClN4O4S2. The van der Waals surface area contributed by atoms with Crippen LogP contribution in [0.4, 0.5) is 0 Å². The number of thiazole rings is 1. The molecule has 0 saturated carbocycles. The van der Waals surface area contributed by atoms with Gasteiger partial charge in [0, 0.05) is 17.6 Å². The number of sulfonamides is 1. The van der Waals surface area contributed by atoms with Crippen LogP contribution in [-0.2, 0) is 28.5 Å². The van der Waals surface area contributed by atoms with Crippen molar-refractivity contribution >= 4 is 43.2 Å². The number of aromatic nitrogens is 3. The zero-order valence-corrected chi connectivity index (χ0v) is 24.3. The Bertz CT molecular complexity index is 1800. The van der Waals surface area contributed by atoms with Crippen LogP contribution in [-0.4, -0.2) is 34.5 Å². The Morgan fingerprint density at radius 3 is 2.38 bits per heavy atom. The predicted octanol–water partition coefficient (Wildman–Crippen LogP) is 5.93. The van der Waals surface area contributed by atoms with Crippen LogP contribution in [0.2, 0.25) is 5.02 Å². The van der Waals surface area contributed by atoms with Gasteiger partial charge in [0.25, 0.3) is 0 Å². The first-order chi connectivity index (χ1) is 18.4. The van der Waals surface area contributed by atoms with E-state index in [9.17, 15) is 13.2 Å². The predicted molar refractivity (Wildman–Crippen MR) is 154 cm³/mol. The minimum Gasteiger partial charge on any atom is -0.338 e. The minimum atomic E-state index is -3.89. The average Bonchev–Trinajstić information content (AvgIpc) is 3.48. The number of benzene rings is 3. The molecule has 0 unspecified atom stereocenters. The van der Waals surface area contributed by atoms with Crippen LogP contribution in [0.1, 0.15) is 37.8 Å². The molecule has 3 aromatic carbocycles. The van der Waals surface area contributed by atoms with Gasteiger partial charge in [-0.1, -0.05) is 85.3 Å². The molecule has 11 heteroatoms. The molecule has 0 spiro atoms. The number of nitrogens with zero attached hydrogens (tertiary/aromatic N) is 4. The van der Waals surface area contributed by atoms with Crippen molar-refractivity contribution in [1.29, 1.82) is 0 Å². The first-order valence-electron chi connectivity index (χ1n) is 12.2. The highest BCUT2D eigenvalue weighted by Crippen LogP contribution is 2.27. The summed E-state index contributed by atoms with van der Waals surface area (Å²) in [6.07, 6.45) is 0. The van der Waals surface area contributed by atoms with Crippen molar-refractivity contribution < 1.29 is 12.9 Å². The van der Waals surface area contributed by atoms with E-state index in [2.05, 4.69) is 30.9 Å². The van der Waals surface area contributed by atoms with Gasteiger partial charge in [0.05, 0.1) is 28.2 Å². The number of fused-ring (bicyclic) bond motifs is 1. The van der Waals surface area contributed by atoms with Crippen LogP contribution in [0.3, 0.4) is 0 Å². The van der Waals surface area contributed by atoms with Crippen molar-refractivity contribution in [2.45, 2.75) is 44.2 Å². The third-order valence-corrected chi connectivity index (χ3v) is 9.43. The lowest BCUT2D eigenvalue weighted by atomic mass is 9.87. The monoisotopic (exact) mass is 582 g/mol. The van der Waals surface area contributed by atoms with E-state index in [0.29, 0.717) is 27.6 Å². The second-order valence-electron chi connectivity index (χ2n) is 10.3. The van der Waals surface area contributed by atoms with E-state index >= 15 is 0 Å². The summed E-state index contributed by atoms with van der Waals surface area (Å²) in [6.45, 7) is 6.68. The third kappa shape index (κ3) is 5.69. The summed E-state index contributed by atoms with van der Waals surface area (Å²) in [5.74, 6) is 0.570. The molecule has 0 N–H and O–H groups in total. The van der Waals surface area contributed by atoms with E-state index in [1.807, 2.05) is 36.4 Å². The summed E-state index contributed by atoms with van der Waals surface area (Å²) in [7, 11) is -2.43. The molecule has 202 valence electrons. The Morgan fingerprint density at radius 2 is 1.72 bits per heavy atom. The summed E-state index contributed by atoms with van der Waals surface area (Å²) >= 11 is 6.97. The standard InChI is InChI=1S/C28H27ClN4O4S2/c1-28(2,3)20-9-7-19(8-10-20)26-30-25(37-31-26)17-32(4)39(35,36)22-13-14-23-24(15-22)38-27(34)33(23)16-18-5-11-21(29)12-6-18/h5-15H,16-17H2,1-4H3. The fraction of sp³-hybridized carbons (Fsp3) is 0.250. The van der Waals surface area contributed by atoms with E-state index in [0.717, 1.165) is 26.8 Å². The van der Waals surface area contributed by atoms with Crippen LogP contribution < -0.4 is 4.87 Å². The maximum absolute atomic E-state index is 13.3. The molecule has 0 radical (unpaired) electrons. The third-order valence-electron chi connectivity index (χ3n) is 6.44. The van der Waals surface area contributed by atoms with Crippen LogP contribution in [0, 0.1) is 0 Å². The molecule has 0 amide bonds. The van der Waals surface area contributed by atoms with Crippen molar-refractivity contribution in [3.8, 4) is 11.4 Å². The van der Waals surface area contributed by atoms with Gasteiger partial charge in [-0.25, -0.2) is 8.42 Å². The lowest BCUT2D eigenvalue weighted by Gasteiger charge is -2.18. The molecule has 0 fully saturated rings. The fourth-order valence-corrected chi connectivity index (χ4v) is 6.42. The van der Waals surface area contributed by atoms with Crippen molar-refractivity contribution in [1.82, 2.24) is 19.0 Å². The maximum atomic E-state index is 13.3. The molecule has 2 heterocycles. The average molecular weight is 583 g/mol. The number of halogens is 1. The quantitative estimate of drug-likeness (QED) is 0.236. The molecule has 0 saturated heterocycles. The second-order valence-corrected chi connectivity index (χ2v) is 13.8. The SMILES string of the molecule is CN(Cc1nc(-c2ccc(C(C)(C)C)cc2)no1)S(=O)(=O)c1ccc2c(c1)sc(=O)n2Cc1ccc(Cl)cc1. The Labute approximate surface area is 235 Å². The van der Waals surface area contributed by atoms with Gasteiger partial charge in [-0.05, 0) is 46.9 Å². The Hall–Kier alpha value is -3.31. The number of hydrogen-bond acceptors (Lipinski definition) is 7. The van der Waals surface area contributed by atoms with Gasteiger partial charge in [-0.15, -0.1) is 0 Å². The molecule has 0 aliphatic heterocycles. The van der Waals surface area contributed by atoms with Crippen LogP contribution in [0.5, 0.6) is 0 Å². The lowest BCUT2D eigenvalue weighted by Crippen LogP contribution is -2.26. The van der Waals surface area contributed by atoms with E-state index in [1.165, 1.54) is 24.7 Å². The van der Waals surface area contributed by atoms with Gasteiger partial charge in [0.1, 0.15) is 0 Å². The highest BCUT2D eigenvalue weighted by atomic mass is 35.5. The Kier molecular flexibility index (Phi) is 7.23. The van der Waals surface area contributed by atoms with Crippen molar-refractivity contribution in [2.75, 3.05) is 7.05 Å². The van der Waals surface area contributed by atoms with E-state index in [-0.39, 0.29) is 27.6 Å². The molecule has 2 aromatic heterocycles. The molecule has 8 nitrogen and oxygen atoms in total. The largest absolute Gasteiger partial charge is 0.338 e. The summed E-state index contributed by atoms with van der Waals surface area (Å²) < 4.78 is 35.4. The van der Waals surface area contributed by atoms with Crippen LogP contribution >= 0.6 is 22.9 Å². The van der Waals surface area contributed by atoms with Gasteiger partial charge < -0.3 is 4.52 Å². The van der Waals surface area contributed by atoms with Gasteiger partial charge >= 0.3 is 4.87 Å². The summed E-state index contributed by atoms with van der Waals surface area (Å²) in [5.41, 5.74) is 3.58. The van der Waals surface area contributed by atoms with E-state index in [4.69, 9.17) is 16.1 Å². The fourth-order valence-electron chi connectivity index (χ4n) is 4.14. The van der Waals surface area contributed by atoms with Gasteiger partial charge in [-0.3, -0.25) is 9.36 Å². The highest BCUT2D eigenvalue weighted by molar-refractivity contribution is 7.89. The summed E-state index contributed by atoms with van der Waals surface area (Å²) in [6, 6.07) is 19.9. The van der Waals surface area contributed by atoms with Gasteiger partial charge in [0.15, 0.2) is 0 Å². The Balaban J connectivity index is 1.34. The zero-order chi connectivity index (χ0) is 27.9. The molecule has 5 rings (SSSR count). The summed E-state index contributed by atoms with van der Waals surface area (Å²) in [4.78, 5) is 17.0. The molecule has 39 heavy (non-hydrogen) atoms. The highest BCUT2D eigenvalue weighted by Gasteiger charge is 2.25. The minimum absolute atomic E-state index is 0.0242. The van der Waals surface area contributed by atoms with Gasteiger partial charge in [0.2, 0.25) is 21.7 Å². The van der Waals surface area contributed by atoms with Crippen molar-refractivity contribution in [3.63, 3.8) is 0 Å². The first-order valence-corrected chi connectivity index (χ1v) is 14.8. The molecular weight excluding hydrogens is 556 g/mol. The topological polar surface area (TPSA) is 98.3 Å². The Morgan fingerprint density at radius 1 is 1.03 bits per heavy atom. The number of hydrogen-bond donors (Lipinski definition) is 0. The van der Waals surface area contributed by atoms with Crippen molar-refractivity contribution in [3.05, 3.63) is 98.4 Å². The summed E-state index contributed by atoms with van der Waals surface area (Å²) in [5, 5.41) is 4.65. The lowest BCUT2D eigenvalue weighted by molar-refractivity contribution is 0.337. The van der Waals surface area contributed by atoms with Crippen LogP contribution in [0.25, 0.3) is 21.6 Å².